The molecule has 0 bridgehead atoms. The van der Waals surface area contributed by atoms with Crippen LogP contribution in [0.4, 0.5) is 5.13 Å². The van der Waals surface area contributed by atoms with Gasteiger partial charge in [0.2, 0.25) is 0 Å². The Kier molecular flexibility index (Phi) is 6.12. The quantitative estimate of drug-likeness (QED) is 0.385. The minimum atomic E-state index is -0.123. The molecule has 5 rings (SSSR count). The molecule has 2 aromatic carbocycles. The van der Waals surface area contributed by atoms with Crippen LogP contribution in [0.1, 0.15) is 23.7 Å². The number of aromatic nitrogens is 3. The largest absolute Gasteiger partial charge is 0.494 e. The fraction of sp³-hybridized carbons (Fsp3) is 0.292. The predicted molar refractivity (Wildman–Crippen MR) is 127 cm³/mol. The lowest BCUT2D eigenvalue weighted by Crippen LogP contribution is -2.32. The summed E-state index contributed by atoms with van der Waals surface area (Å²) >= 11 is 1.48. The maximum absolute atomic E-state index is 13.6. The molecule has 0 spiro atoms. The number of aryl methyl sites for hydroxylation is 1. The molecule has 2 aromatic heterocycles. The van der Waals surface area contributed by atoms with Crippen LogP contribution < -0.4 is 19.1 Å². The molecular weight excluding hydrogens is 440 g/mol. The third-order valence-corrected chi connectivity index (χ3v) is 6.32. The molecule has 1 amide bonds. The number of ether oxygens (including phenoxy) is 3. The molecule has 0 atom stereocenters. The number of imidazole rings is 1. The highest BCUT2D eigenvalue weighted by atomic mass is 32.1. The zero-order valence-electron chi connectivity index (χ0n) is 18.3. The number of thiazole rings is 1. The molecular formula is C24H24N4O4S. The average Bonchev–Trinajstić information content (AvgIpc) is 3.51. The van der Waals surface area contributed by atoms with Crippen molar-refractivity contribution in [2.45, 2.75) is 19.9 Å². The summed E-state index contributed by atoms with van der Waals surface area (Å²) in [4.78, 5) is 24.2. The third-order valence-electron chi connectivity index (χ3n) is 5.28. The first kappa shape index (κ1) is 21.3. The van der Waals surface area contributed by atoms with Crippen LogP contribution in [-0.2, 0) is 6.54 Å². The van der Waals surface area contributed by atoms with Gasteiger partial charge in [0.1, 0.15) is 19.0 Å². The van der Waals surface area contributed by atoms with E-state index in [9.17, 15) is 4.79 Å². The highest BCUT2D eigenvalue weighted by Gasteiger charge is 2.23. The van der Waals surface area contributed by atoms with E-state index in [1.165, 1.54) is 11.3 Å². The van der Waals surface area contributed by atoms with Gasteiger partial charge in [-0.05, 0) is 49.7 Å². The highest BCUT2D eigenvalue weighted by Crippen LogP contribution is 2.34. The number of nitrogens with zero attached hydrogens (tertiary/aromatic N) is 4. The van der Waals surface area contributed by atoms with E-state index in [4.69, 9.17) is 19.2 Å². The first-order valence-corrected chi connectivity index (χ1v) is 11.7. The zero-order chi connectivity index (χ0) is 22.6. The van der Waals surface area contributed by atoms with Crippen molar-refractivity contribution in [2.24, 2.45) is 0 Å². The van der Waals surface area contributed by atoms with Gasteiger partial charge in [-0.3, -0.25) is 9.69 Å². The number of carbonyl (C=O) groups is 1. The normalized spacial score (nSPS) is 12.6. The van der Waals surface area contributed by atoms with Crippen molar-refractivity contribution in [1.82, 2.24) is 14.5 Å². The highest BCUT2D eigenvalue weighted by molar-refractivity contribution is 7.22. The van der Waals surface area contributed by atoms with Gasteiger partial charge in [0, 0.05) is 31.0 Å². The summed E-state index contributed by atoms with van der Waals surface area (Å²) in [5, 5.41) is 0.657. The Morgan fingerprint density at radius 3 is 2.88 bits per heavy atom. The second-order valence-electron chi connectivity index (χ2n) is 7.53. The molecule has 0 saturated carbocycles. The van der Waals surface area contributed by atoms with Gasteiger partial charge in [-0.1, -0.05) is 11.3 Å². The van der Waals surface area contributed by atoms with E-state index in [1.807, 2.05) is 35.9 Å². The summed E-state index contributed by atoms with van der Waals surface area (Å²) in [5.74, 6) is 1.93. The maximum Gasteiger partial charge on any atom is 0.260 e. The Labute approximate surface area is 195 Å². The van der Waals surface area contributed by atoms with Gasteiger partial charge in [-0.2, -0.15) is 0 Å². The molecule has 0 unspecified atom stereocenters. The number of hydrogen-bond acceptors (Lipinski definition) is 7. The van der Waals surface area contributed by atoms with E-state index in [0.717, 1.165) is 28.9 Å². The molecule has 3 heterocycles. The van der Waals surface area contributed by atoms with Crippen LogP contribution in [0.15, 0.2) is 55.1 Å². The molecule has 9 heteroatoms. The second-order valence-corrected chi connectivity index (χ2v) is 8.54. The van der Waals surface area contributed by atoms with Gasteiger partial charge in [-0.15, -0.1) is 0 Å². The van der Waals surface area contributed by atoms with E-state index in [-0.39, 0.29) is 5.91 Å². The van der Waals surface area contributed by atoms with Gasteiger partial charge in [0.05, 0.1) is 23.2 Å². The van der Waals surface area contributed by atoms with E-state index in [1.54, 1.807) is 35.6 Å². The minimum absolute atomic E-state index is 0.123. The fourth-order valence-electron chi connectivity index (χ4n) is 3.71. The van der Waals surface area contributed by atoms with Gasteiger partial charge >= 0.3 is 0 Å². The lowest BCUT2D eigenvalue weighted by Gasteiger charge is -2.22. The van der Waals surface area contributed by atoms with Crippen molar-refractivity contribution in [1.29, 1.82) is 0 Å². The van der Waals surface area contributed by atoms with Crippen molar-refractivity contribution in [3.8, 4) is 17.2 Å². The second kappa shape index (κ2) is 9.50. The zero-order valence-corrected chi connectivity index (χ0v) is 19.1. The van der Waals surface area contributed by atoms with Crippen molar-refractivity contribution in [2.75, 3.05) is 31.3 Å². The van der Waals surface area contributed by atoms with Crippen LogP contribution in [0.3, 0.4) is 0 Å². The van der Waals surface area contributed by atoms with Crippen LogP contribution in [0.5, 0.6) is 17.2 Å². The van der Waals surface area contributed by atoms with Crippen LogP contribution in [0.25, 0.3) is 10.2 Å². The van der Waals surface area contributed by atoms with Crippen LogP contribution >= 0.6 is 11.3 Å². The summed E-state index contributed by atoms with van der Waals surface area (Å²) in [6.45, 7) is 4.81. The molecule has 8 nitrogen and oxygen atoms in total. The van der Waals surface area contributed by atoms with Gasteiger partial charge in [0.15, 0.2) is 16.6 Å². The van der Waals surface area contributed by atoms with Crippen molar-refractivity contribution in [3.63, 3.8) is 0 Å². The summed E-state index contributed by atoms with van der Waals surface area (Å²) in [5.41, 5.74) is 1.38. The molecule has 0 N–H and O–H groups in total. The summed E-state index contributed by atoms with van der Waals surface area (Å²) in [6.07, 6.45) is 6.20. The van der Waals surface area contributed by atoms with Crippen LogP contribution in [-0.4, -0.2) is 46.8 Å². The summed E-state index contributed by atoms with van der Waals surface area (Å²) < 4.78 is 19.9. The van der Waals surface area contributed by atoms with Crippen molar-refractivity contribution in [3.05, 3.63) is 60.7 Å². The molecule has 0 saturated heterocycles. The molecule has 1 aliphatic heterocycles. The molecule has 0 aliphatic carbocycles. The lowest BCUT2D eigenvalue weighted by atomic mass is 10.1. The number of benzene rings is 2. The van der Waals surface area contributed by atoms with Gasteiger partial charge in [0.25, 0.3) is 5.91 Å². The van der Waals surface area contributed by atoms with Crippen LogP contribution in [0.2, 0.25) is 0 Å². The Balaban J connectivity index is 1.44. The standard InChI is InChI=1S/C24H24N4O4S/c1-2-30-18-5-6-19-22(15-18)33-24(26-19)28(10-3-9-27-11-8-25-16-27)23(29)17-4-7-20-21(14-17)32-13-12-31-20/h4-8,11,14-16H,2-3,9-10,12-13H2,1H3. The molecule has 33 heavy (non-hydrogen) atoms. The number of carbonyl (C=O) groups excluding carboxylic acids is 1. The van der Waals surface area contributed by atoms with E-state index >= 15 is 0 Å². The average molecular weight is 465 g/mol. The summed E-state index contributed by atoms with van der Waals surface area (Å²) in [7, 11) is 0. The van der Waals surface area contributed by atoms with Crippen molar-refractivity contribution < 1.29 is 19.0 Å². The molecule has 4 aromatic rings. The Morgan fingerprint density at radius 2 is 2.06 bits per heavy atom. The topological polar surface area (TPSA) is 78.7 Å². The number of anilines is 1. The Morgan fingerprint density at radius 1 is 1.18 bits per heavy atom. The molecule has 0 fully saturated rings. The fourth-order valence-corrected chi connectivity index (χ4v) is 4.73. The Hall–Kier alpha value is -3.59. The molecule has 1 aliphatic rings. The number of rotatable bonds is 8. The predicted octanol–water partition coefficient (Wildman–Crippen LogP) is 4.40. The van der Waals surface area contributed by atoms with E-state index in [0.29, 0.717) is 48.6 Å². The lowest BCUT2D eigenvalue weighted by molar-refractivity contribution is 0.0985. The SMILES string of the molecule is CCOc1ccc2nc(N(CCCn3ccnc3)C(=O)c3ccc4c(c3)OCCO4)sc2c1. The Bertz CT molecular complexity index is 1250. The number of hydrogen-bond donors (Lipinski definition) is 0. The van der Waals surface area contributed by atoms with Gasteiger partial charge in [-0.25, -0.2) is 9.97 Å². The smallest absolute Gasteiger partial charge is 0.260 e. The number of fused-ring (bicyclic) bond motifs is 2. The molecule has 170 valence electrons. The van der Waals surface area contributed by atoms with E-state index in [2.05, 4.69) is 4.98 Å². The first-order valence-electron chi connectivity index (χ1n) is 10.9. The first-order chi connectivity index (χ1) is 16.2. The molecule has 0 radical (unpaired) electrons. The maximum atomic E-state index is 13.6. The van der Waals surface area contributed by atoms with Crippen molar-refractivity contribution >= 4 is 32.6 Å². The third kappa shape index (κ3) is 4.63. The minimum Gasteiger partial charge on any atom is -0.494 e. The van der Waals surface area contributed by atoms with Crippen LogP contribution in [0, 0.1) is 0 Å². The van der Waals surface area contributed by atoms with E-state index < -0.39 is 0 Å². The number of amides is 1. The van der Waals surface area contributed by atoms with Gasteiger partial charge < -0.3 is 18.8 Å². The monoisotopic (exact) mass is 464 g/mol. The summed E-state index contributed by atoms with van der Waals surface area (Å²) in [6, 6.07) is 11.1.